The van der Waals surface area contributed by atoms with Crippen molar-refractivity contribution in [2.45, 2.75) is 36.5 Å². The highest BCUT2D eigenvalue weighted by molar-refractivity contribution is 7.99. The lowest BCUT2D eigenvalue weighted by molar-refractivity contribution is 0.625. The van der Waals surface area contributed by atoms with Crippen molar-refractivity contribution in [3.8, 4) is 0 Å². The van der Waals surface area contributed by atoms with E-state index in [1.54, 1.807) is 11.8 Å². The first-order valence-corrected chi connectivity index (χ1v) is 7.72. The Kier molecular flexibility index (Phi) is 5.21. The summed E-state index contributed by atoms with van der Waals surface area (Å²) in [5.74, 6) is -0.207. The number of thioether (sulfide) groups is 1. The van der Waals surface area contributed by atoms with Gasteiger partial charge in [-0.05, 0) is 43.2 Å². The Labute approximate surface area is 124 Å². The van der Waals surface area contributed by atoms with Crippen LogP contribution in [0.25, 0.3) is 0 Å². The minimum absolute atomic E-state index is 0.0766. The van der Waals surface area contributed by atoms with E-state index in [1.807, 2.05) is 12.1 Å². The maximum atomic E-state index is 13.0. The number of rotatable bonds is 5. The van der Waals surface area contributed by atoms with Gasteiger partial charge in [0.25, 0.3) is 0 Å². The van der Waals surface area contributed by atoms with Crippen LogP contribution in [0.3, 0.4) is 0 Å². The van der Waals surface area contributed by atoms with Crippen LogP contribution in [0.4, 0.5) is 4.39 Å². The molecular formula is C17H20FNS. The number of halogens is 1. The molecule has 0 bridgehead atoms. The smallest absolute Gasteiger partial charge is 0.123 e. The van der Waals surface area contributed by atoms with Crippen molar-refractivity contribution in [1.82, 2.24) is 0 Å². The van der Waals surface area contributed by atoms with E-state index in [0.29, 0.717) is 0 Å². The van der Waals surface area contributed by atoms with Gasteiger partial charge in [0.05, 0.1) is 0 Å². The highest BCUT2D eigenvalue weighted by Crippen LogP contribution is 2.38. The molecular weight excluding hydrogens is 269 g/mol. The first-order valence-electron chi connectivity index (χ1n) is 6.84. The monoisotopic (exact) mass is 289 g/mol. The van der Waals surface area contributed by atoms with E-state index in [4.69, 9.17) is 5.73 Å². The zero-order chi connectivity index (χ0) is 14.5. The molecule has 0 saturated carbocycles. The Balaban J connectivity index is 2.23. The van der Waals surface area contributed by atoms with Crippen molar-refractivity contribution >= 4 is 11.8 Å². The normalized spacial score (nSPS) is 14.0. The van der Waals surface area contributed by atoms with Crippen molar-refractivity contribution < 1.29 is 4.39 Å². The summed E-state index contributed by atoms with van der Waals surface area (Å²) in [4.78, 5) is 1.04. The zero-order valence-corrected chi connectivity index (χ0v) is 12.7. The molecule has 2 unspecified atom stereocenters. The zero-order valence-electron chi connectivity index (χ0n) is 11.8. The van der Waals surface area contributed by atoms with Crippen molar-refractivity contribution in [3.05, 3.63) is 65.5 Å². The molecule has 1 nitrogen and oxygen atoms in total. The fraction of sp³-hybridized carbons (Fsp3) is 0.294. The Morgan fingerprint density at radius 1 is 1.05 bits per heavy atom. The van der Waals surface area contributed by atoms with Crippen LogP contribution < -0.4 is 5.73 Å². The molecule has 106 valence electrons. The van der Waals surface area contributed by atoms with E-state index in [2.05, 4.69) is 38.1 Å². The largest absolute Gasteiger partial charge is 0.326 e. The van der Waals surface area contributed by atoms with Gasteiger partial charge in [0.1, 0.15) is 5.82 Å². The molecule has 0 heterocycles. The molecule has 0 aliphatic carbocycles. The van der Waals surface area contributed by atoms with Gasteiger partial charge < -0.3 is 5.73 Å². The second-order valence-corrected chi connectivity index (χ2v) is 6.19. The van der Waals surface area contributed by atoms with Crippen LogP contribution in [0.1, 0.15) is 29.7 Å². The second kappa shape index (κ2) is 6.91. The van der Waals surface area contributed by atoms with Gasteiger partial charge in [0, 0.05) is 16.2 Å². The minimum atomic E-state index is -0.207. The predicted octanol–water partition coefficient (Wildman–Crippen LogP) is 4.70. The lowest BCUT2D eigenvalue weighted by atomic mass is 10.0. The number of hydrogen-bond donors (Lipinski definition) is 1. The van der Waals surface area contributed by atoms with E-state index in [-0.39, 0.29) is 17.1 Å². The summed E-state index contributed by atoms with van der Waals surface area (Å²) in [6, 6.07) is 15.2. The van der Waals surface area contributed by atoms with Crippen LogP contribution in [-0.2, 0) is 0 Å². The van der Waals surface area contributed by atoms with Gasteiger partial charge in [-0.25, -0.2) is 4.39 Å². The molecule has 2 aromatic rings. The van der Waals surface area contributed by atoms with Crippen LogP contribution in [0.5, 0.6) is 0 Å². The summed E-state index contributed by atoms with van der Waals surface area (Å²) in [7, 11) is 0. The lowest BCUT2D eigenvalue weighted by Crippen LogP contribution is -2.25. The molecule has 0 fully saturated rings. The van der Waals surface area contributed by atoms with Crippen molar-refractivity contribution in [2.75, 3.05) is 0 Å². The first-order chi connectivity index (χ1) is 9.60. The quantitative estimate of drug-likeness (QED) is 0.807. The molecule has 0 aromatic heterocycles. The van der Waals surface area contributed by atoms with E-state index in [0.717, 1.165) is 11.3 Å². The number of nitrogens with two attached hydrogens (primary N) is 1. The van der Waals surface area contributed by atoms with Gasteiger partial charge in [-0.3, -0.25) is 0 Å². The van der Waals surface area contributed by atoms with E-state index in [1.165, 1.54) is 23.3 Å². The lowest BCUT2D eigenvalue weighted by Gasteiger charge is -2.23. The van der Waals surface area contributed by atoms with Crippen LogP contribution >= 0.6 is 11.8 Å². The average molecular weight is 289 g/mol. The highest BCUT2D eigenvalue weighted by atomic mass is 32.2. The topological polar surface area (TPSA) is 26.0 Å². The van der Waals surface area contributed by atoms with Crippen LogP contribution in [0, 0.1) is 12.7 Å². The van der Waals surface area contributed by atoms with Crippen molar-refractivity contribution in [3.63, 3.8) is 0 Å². The van der Waals surface area contributed by atoms with E-state index < -0.39 is 0 Å². The minimum Gasteiger partial charge on any atom is -0.326 e. The molecule has 2 rings (SSSR count). The number of hydrogen-bond acceptors (Lipinski definition) is 2. The van der Waals surface area contributed by atoms with Gasteiger partial charge >= 0.3 is 0 Å². The Hall–Kier alpha value is -1.32. The maximum Gasteiger partial charge on any atom is 0.123 e. The molecule has 2 atom stereocenters. The third-order valence-corrected chi connectivity index (χ3v) is 4.76. The molecule has 0 amide bonds. The van der Waals surface area contributed by atoms with Crippen molar-refractivity contribution in [2.24, 2.45) is 5.73 Å². The van der Waals surface area contributed by atoms with Crippen LogP contribution in [0.2, 0.25) is 0 Å². The SMILES string of the molecule is CCC(N)C(Sc1ccc(F)cc1)c1ccc(C)cc1. The maximum absolute atomic E-state index is 13.0. The summed E-state index contributed by atoms with van der Waals surface area (Å²) in [5.41, 5.74) is 8.73. The third kappa shape index (κ3) is 3.84. The fourth-order valence-corrected chi connectivity index (χ4v) is 3.28. The number of benzene rings is 2. The summed E-state index contributed by atoms with van der Waals surface area (Å²) >= 11 is 1.70. The van der Waals surface area contributed by atoms with E-state index >= 15 is 0 Å². The van der Waals surface area contributed by atoms with Gasteiger partial charge in [-0.2, -0.15) is 0 Å². The third-order valence-electron chi connectivity index (χ3n) is 3.34. The van der Waals surface area contributed by atoms with Gasteiger partial charge in [-0.1, -0.05) is 36.8 Å². The molecule has 0 spiro atoms. The standard InChI is InChI=1S/C17H20FNS/c1-3-16(19)17(13-6-4-12(2)5-7-13)20-15-10-8-14(18)9-11-15/h4-11,16-17H,3,19H2,1-2H3. The van der Waals surface area contributed by atoms with E-state index in [9.17, 15) is 4.39 Å². The Morgan fingerprint density at radius 3 is 2.20 bits per heavy atom. The fourth-order valence-electron chi connectivity index (χ4n) is 2.03. The summed E-state index contributed by atoms with van der Waals surface area (Å²) in [5, 5.41) is 0.186. The Morgan fingerprint density at radius 2 is 1.65 bits per heavy atom. The molecule has 0 radical (unpaired) electrons. The molecule has 2 N–H and O–H groups in total. The van der Waals surface area contributed by atoms with Gasteiger partial charge in [-0.15, -0.1) is 11.8 Å². The Bertz CT molecular complexity index is 536. The summed E-state index contributed by atoms with van der Waals surface area (Å²) in [6.45, 7) is 4.17. The molecule has 3 heteroatoms. The van der Waals surface area contributed by atoms with Crippen LogP contribution in [0.15, 0.2) is 53.4 Å². The first kappa shape index (κ1) is 15.1. The number of aryl methyl sites for hydroxylation is 1. The molecule has 0 saturated heterocycles. The molecule has 0 aliphatic rings. The second-order valence-electron chi connectivity index (χ2n) is 4.98. The summed E-state index contributed by atoms with van der Waals surface area (Å²) < 4.78 is 13.0. The van der Waals surface area contributed by atoms with Gasteiger partial charge in [0.15, 0.2) is 0 Å². The summed E-state index contributed by atoms with van der Waals surface area (Å²) in [6.07, 6.45) is 0.909. The molecule has 20 heavy (non-hydrogen) atoms. The molecule has 2 aromatic carbocycles. The molecule has 0 aliphatic heterocycles. The highest BCUT2D eigenvalue weighted by Gasteiger charge is 2.19. The predicted molar refractivity (Wildman–Crippen MR) is 84.4 cm³/mol. The average Bonchev–Trinajstić information content (AvgIpc) is 2.47. The van der Waals surface area contributed by atoms with Crippen LogP contribution in [-0.4, -0.2) is 6.04 Å². The van der Waals surface area contributed by atoms with Gasteiger partial charge in [0.2, 0.25) is 0 Å². The van der Waals surface area contributed by atoms with Crippen molar-refractivity contribution in [1.29, 1.82) is 0 Å².